The first-order chi connectivity index (χ1) is 17.9. The van der Waals surface area contributed by atoms with Gasteiger partial charge in [-0.3, -0.25) is 14.4 Å². The number of hydrogen-bond donors (Lipinski definition) is 2. The molecule has 5 rings (SSSR count). The number of carbonyl (C=O) groups is 3. The van der Waals surface area contributed by atoms with Gasteiger partial charge in [-0.05, 0) is 81.7 Å². The zero-order valence-corrected chi connectivity index (χ0v) is 21.4. The lowest BCUT2D eigenvalue weighted by molar-refractivity contribution is -0.147. The Balaban J connectivity index is 1.22. The van der Waals surface area contributed by atoms with Crippen LogP contribution in [0.1, 0.15) is 66.4 Å². The summed E-state index contributed by atoms with van der Waals surface area (Å²) < 4.78 is 16.2. The van der Waals surface area contributed by atoms with Crippen molar-refractivity contribution >= 4 is 23.5 Å². The lowest BCUT2D eigenvalue weighted by Gasteiger charge is -2.44. The van der Waals surface area contributed by atoms with E-state index >= 15 is 0 Å². The number of ether oxygens (including phenoxy) is 3. The number of hydrogen-bond acceptors (Lipinski definition) is 6. The van der Waals surface area contributed by atoms with Crippen LogP contribution >= 0.6 is 0 Å². The summed E-state index contributed by atoms with van der Waals surface area (Å²) in [7, 11) is 1.41. The molecule has 8 nitrogen and oxygen atoms in total. The van der Waals surface area contributed by atoms with E-state index in [1.807, 2.05) is 31.2 Å². The molecule has 2 saturated carbocycles. The molecule has 0 bridgehead atoms. The third kappa shape index (κ3) is 5.02. The van der Waals surface area contributed by atoms with Gasteiger partial charge in [0.2, 0.25) is 5.91 Å². The molecule has 2 N–H and O–H groups in total. The zero-order chi connectivity index (χ0) is 26.0. The van der Waals surface area contributed by atoms with Gasteiger partial charge in [0.15, 0.2) is 11.5 Å². The Morgan fingerprint density at radius 3 is 2.24 bits per heavy atom. The molecule has 2 aromatic rings. The molecule has 0 saturated heterocycles. The van der Waals surface area contributed by atoms with E-state index in [4.69, 9.17) is 14.2 Å². The Morgan fingerprint density at radius 2 is 1.59 bits per heavy atom. The number of fused-ring (bicyclic) bond motifs is 1. The summed E-state index contributed by atoms with van der Waals surface area (Å²) in [4.78, 5) is 37.9. The number of amides is 2. The number of carbonyl (C=O) groups excluding carboxylic acids is 3. The van der Waals surface area contributed by atoms with Gasteiger partial charge < -0.3 is 24.8 Å². The molecule has 0 radical (unpaired) electrons. The summed E-state index contributed by atoms with van der Waals surface area (Å²) in [5.74, 6) is 0.785. The largest absolute Gasteiger partial charge is 0.486 e. The van der Waals surface area contributed by atoms with Crippen molar-refractivity contribution in [3.05, 3.63) is 53.1 Å². The Morgan fingerprint density at radius 1 is 0.919 bits per heavy atom. The van der Waals surface area contributed by atoms with E-state index in [1.54, 1.807) is 12.1 Å². The van der Waals surface area contributed by atoms with Crippen LogP contribution in [0.3, 0.4) is 0 Å². The van der Waals surface area contributed by atoms with Crippen LogP contribution in [0.5, 0.6) is 11.5 Å². The van der Waals surface area contributed by atoms with Gasteiger partial charge >= 0.3 is 5.97 Å². The molecule has 2 amide bonds. The molecule has 1 aliphatic heterocycles. The third-order valence-corrected chi connectivity index (χ3v) is 8.10. The Bertz CT molecular complexity index is 1180. The highest BCUT2D eigenvalue weighted by atomic mass is 16.6. The molecular weight excluding hydrogens is 472 g/mol. The quantitative estimate of drug-likeness (QED) is 0.560. The molecule has 2 fully saturated rings. The van der Waals surface area contributed by atoms with Crippen molar-refractivity contribution in [2.24, 2.45) is 11.8 Å². The number of nitrogens with one attached hydrogen (secondary N) is 2. The van der Waals surface area contributed by atoms with Gasteiger partial charge in [-0.2, -0.15) is 0 Å². The Labute approximate surface area is 217 Å². The summed E-state index contributed by atoms with van der Waals surface area (Å²) >= 11 is 0. The molecule has 0 atom stereocenters. The van der Waals surface area contributed by atoms with E-state index in [-0.39, 0.29) is 35.2 Å². The predicted molar refractivity (Wildman–Crippen MR) is 138 cm³/mol. The van der Waals surface area contributed by atoms with Crippen molar-refractivity contribution < 1.29 is 28.6 Å². The average Bonchev–Trinajstić information content (AvgIpc) is 2.91. The van der Waals surface area contributed by atoms with E-state index in [0.29, 0.717) is 61.6 Å². The number of rotatable bonds is 6. The van der Waals surface area contributed by atoms with Gasteiger partial charge in [0.25, 0.3) is 5.91 Å². The Hall–Kier alpha value is -3.55. The predicted octanol–water partition coefficient (Wildman–Crippen LogP) is 4.49. The third-order valence-electron chi connectivity index (χ3n) is 8.10. The molecule has 37 heavy (non-hydrogen) atoms. The number of methoxy groups -OCH3 is 1. The normalized spacial score (nSPS) is 21.8. The van der Waals surface area contributed by atoms with E-state index in [9.17, 15) is 14.4 Å². The van der Waals surface area contributed by atoms with E-state index in [0.717, 1.165) is 30.4 Å². The fraction of sp³-hybridized carbons (Fsp3) is 0.483. The first-order valence-corrected chi connectivity index (χ1v) is 13.1. The van der Waals surface area contributed by atoms with Gasteiger partial charge in [-0.1, -0.05) is 12.1 Å². The van der Waals surface area contributed by atoms with Crippen molar-refractivity contribution in [3.63, 3.8) is 0 Å². The van der Waals surface area contributed by atoms with Crippen LogP contribution < -0.4 is 20.1 Å². The first kappa shape index (κ1) is 25.1. The molecule has 196 valence electrons. The van der Waals surface area contributed by atoms with Crippen molar-refractivity contribution in [2.75, 3.05) is 25.6 Å². The van der Waals surface area contributed by atoms with Gasteiger partial charge in [0, 0.05) is 22.7 Å². The summed E-state index contributed by atoms with van der Waals surface area (Å²) in [6, 6.07) is 11.3. The monoisotopic (exact) mass is 506 g/mol. The van der Waals surface area contributed by atoms with Crippen LogP contribution in [0.2, 0.25) is 0 Å². The minimum Gasteiger partial charge on any atom is -0.486 e. The molecule has 2 aliphatic carbocycles. The highest BCUT2D eigenvalue weighted by Crippen LogP contribution is 2.43. The minimum atomic E-state index is -0.370. The molecule has 0 unspecified atom stereocenters. The van der Waals surface area contributed by atoms with Crippen molar-refractivity contribution in [3.8, 4) is 11.5 Å². The van der Waals surface area contributed by atoms with Crippen LogP contribution in [0, 0.1) is 18.8 Å². The van der Waals surface area contributed by atoms with E-state index in [1.165, 1.54) is 7.11 Å². The molecule has 8 heteroatoms. The molecule has 2 aromatic carbocycles. The van der Waals surface area contributed by atoms with E-state index < -0.39 is 0 Å². The maximum Gasteiger partial charge on any atom is 0.308 e. The van der Waals surface area contributed by atoms with Crippen molar-refractivity contribution in [1.29, 1.82) is 0 Å². The Kier molecular flexibility index (Phi) is 7.09. The van der Waals surface area contributed by atoms with Gasteiger partial charge in [0.1, 0.15) is 13.2 Å². The van der Waals surface area contributed by atoms with Gasteiger partial charge in [-0.25, -0.2) is 0 Å². The van der Waals surface area contributed by atoms with Crippen LogP contribution in [0.4, 0.5) is 5.69 Å². The molecule has 3 aliphatic rings. The van der Waals surface area contributed by atoms with Crippen LogP contribution in [0.15, 0.2) is 36.4 Å². The molecule has 1 heterocycles. The van der Waals surface area contributed by atoms with Gasteiger partial charge in [0.05, 0.1) is 18.6 Å². The lowest BCUT2D eigenvalue weighted by Crippen LogP contribution is -2.52. The van der Waals surface area contributed by atoms with Crippen LogP contribution in [-0.2, 0) is 19.9 Å². The first-order valence-electron chi connectivity index (χ1n) is 13.1. The smallest absolute Gasteiger partial charge is 0.308 e. The fourth-order valence-corrected chi connectivity index (χ4v) is 5.68. The number of benzene rings is 2. The van der Waals surface area contributed by atoms with E-state index in [2.05, 4.69) is 10.6 Å². The van der Waals surface area contributed by atoms with Gasteiger partial charge in [-0.15, -0.1) is 0 Å². The molecule has 0 aromatic heterocycles. The standard InChI is InChI=1S/C29H34N2O6/c1-18-23(12-13-24-25(18)37-17-16-36-24)27(33)30-22-10-8-21(9-11-22)29(14-3-15-29)31-26(32)19-4-6-20(7-5-19)28(34)35-2/h8-13,19-20H,3-7,14-17H2,1-2H3,(H,30,33)(H,31,32). The van der Waals surface area contributed by atoms with Crippen molar-refractivity contribution in [2.45, 2.75) is 57.4 Å². The summed E-state index contributed by atoms with van der Waals surface area (Å²) in [6.07, 6.45) is 5.61. The topological polar surface area (TPSA) is 103 Å². The minimum absolute atomic E-state index is 0.0643. The SMILES string of the molecule is COC(=O)C1CCC(C(=O)NC2(c3ccc(NC(=O)c4ccc5c(c4C)OCCO5)cc3)CCC2)CC1. The second-order valence-electron chi connectivity index (χ2n) is 10.3. The maximum atomic E-state index is 13.1. The van der Waals surface area contributed by atoms with Crippen molar-refractivity contribution in [1.82, 2.24) is 5.32 Å². The maximum absolute atomic E-state index is 13.1. The average molecular weight is 507 g/mol. The zero-order valence-electron chi connectivity index (χ0n) is 21.4. The van der Waals surface area contributed by atoms with Crippen LogP contribution in [-0.4, -0.2) is 38.1 Å². The number of esters is 1. The molecule has 0 spiro atoms. The summed E-state index contributed by atoms with van der Waals surface area (Å²) in [6.45, 7) is 2.83. The highest BCUT2D eigenvalue weighted by Gasteiger charge is 2.42. The molecular formula is C29H34N2O6. The number of anilines is 1. The lowest BCUT2D eigenvalue weighted by atomic mass is 9.71. The van der Waals surface area contributed by atoms with Crippen LogP contribution in [0.25, 0.3) is 0 Å². The second kappa shape index (κ2) is 10.4. The fourth-order valence-electron chi connectivity index (χ4n) is 5.68. The summed E-state index contributed by atoms with van der Waals surface area (Å²) in [5, 5.41) is 6.30. The highest BCUT2D eigenvalue weighted by molar-refractivity contribution is 6.06. The summed E-state index contributed by atoms with van der Waals surface area (Å²) in [5.41, 5.74) is 2.65. The second-order valence-corrected chi connectivity index (χ2v) is 10.3.